The molecule has 0 amide bonds. The molecule has 0 bridgehead atoms. The minimum absolute atomic E-state index is 1.03. The summed E-state index contributed by atoms with van der Waals surface area (Å²) in [4.78, 5) is 5.09. The second-order valence-electron chi connectivity index (χ2n) is 19.8. The van der Waals surface area contributed by atoms with Gasteiger partial charge in [0, 0.05) is 43.7 Å². The Morgan fingerprint density at radius 1 is 0.289 bits per heavy atom. The van der Waals surface area contributed by atoms with Gasteiger partial charge in [0.25, 0.3) is 0 Å². The van der Waals surface area contributed by atoms with Crippen LogP contribution in [-0.4, -0.2) is 25.7 Å². The molecule has 0 N–H and O–H groups in total. The standard InChI is InChI=1S/C71H50N2SSi2/c1-5-23-55(24-6-1)75(56-25-7-2-8-26-56,61-31-19-21-53(49-61)70-71-66(47-48-72-70)65-35-15-18-38-69(65)74-71)59-43-39-51(40-44-59)52-41-45-60(46-42-52)76(57-27-9-3-10-28-57,58-29-11-4-12-30-58)62-32-20-22-54(50-62)73-67-36-16-13-33-63(67)64-34-14-17-37-68(64)73/h1-50H. The number of para-hydroxylation sites is 2. The van der Waals surface area contributed by atoms with Crippen molar-refractivity contribution < 1.29 is 0 Å². The fraction of sp³-hybridized carbons (Fsp3) is 0. The minimum Gasteiger partial charge on any atom is -0.309 e. The molecule has 0 atom stereocenters. The van der Waals surface area contributed by atoms with Crippen molar-refractivity contribution in [2.75, 3.05) is 0 Å². The highest BCUT2D eigenvalue weighted by atomic mass is 32.1. The van der Waals surface area contributed by atoms with E-state index < -0.39 is 16.1 Å². The Labute approximate surface area is 449 Å². The van der Waals surface area contributed by atoms with Gasteiger partial charge in [-0.2, -0.15) is 0 Å². The molecule has 0 fully saturated rings. The molecular weight excluding hydrogens is 969 g/mol. The maximum Gasteiger partial charge on any atom is 0.179 e. The average Bonchev–Trinajstić information content (AvgIpc) is 4.14. The number of rotatable bonds is 11. The van der Waals surface area contributed by atoms with Gasteiger partial charge in [-0.1, -0.05) is 261 Å². The Morgan fingerprint density at radius 2 is 0.697 bits per heavy atom. The SMILES string of the molecule is c1ccc([Si](c2ccccc2)(c2ccc(-c3ccc([Si](c4ccccc4)(c4ccccc4)c4cccc(-n5c6ccccc6c6ccccc65)c4)cc3)cc2)c2cccc(-c3nccc4c3sc3ccccc34)c2)cc1. The maximum absolute atomic E-state index is 5.09. The van der Waals surface area contributed by atoms with Crippen LogP contribution in [0.2, 0.25) is 0 Å². The normalized spacial score (nSPS) is 11.9. The highest BCUT2D eigenvalue weighted by molar-refractivity contribution is 7.26. The fourth-order valence-corrected chi connectivity index (χ4v) is 23.2. The summed E-state index contributed by atoms with van der Waals surface area (Å²) >= 11 is 1.83. The van der Waals surface area contributed by atoms with Crippen LogP contribution in [0.1, 0.15) is 0 Å². The lowest BCUT2D eigenvalue weighted by molar-refractivity contribution is 1.18. The summed E-state index contributed by atoms with van der Waals surface area (Å²) in [6.07, 6.45) is 1.98. The largest absolute Gasteiger partial charge is 0.309 e. The molecule has 76 heavy (non-hydrogen) atoms. The van der Waals surface area contributed by atoms with Crippen molar-refractivity contribution in [1.29, 1.82) is 0 Å². The second kappa shape index (κ2) is 19.1. The molecule has 0 aliphatic carbocycles. The van der Waals surface area contributed by atoms with Gasteiger partial charge in [-0.15, -0.1) is 11.3 Å². The highest BCUT2D eigenvalue weighted by Crippen LogP contribution is 2.39. The van der Waals surface area contributed by atoms with Crippen LogP contribution < -0.4 is 41.5 Å². The highest BCUT2D eigenvalue weighted by Gasteiger charge is 2.43. The summed E-state index contributed by atoms with van der Waals surface area (Å²) in [6, 6.07) is 111. The first kappa shape index (κ1) is 45.6. The van der Waals surface area contributed by atoms with Gasteiger partial charge in [-0.3, -0.25) is 4.98 Å². The topological polar surface area (TPSA) is 17.8 Å². The Balaban J connectivity index is 0.905. The Morgan fingerprint density at radius 3 is 1.21 bits per heavy atom. The number of aromatic nitrogens is 2. The van der Waals surface area contributed by atoms with E-state index in [-0.39, 0.29) is 0 Å². The van der Waals surface area contributed by atoms with Gasteiger partial charge in [0.05, 0.1) is 21.4 Å². The van der Waals surface area contributed by atoms with Crippen molar-refractivity contribution in [3.05, 3.63) is 303 Å². The number of hydrogen-bond acceptors (Lipinski definition) is 2. The van der Waals surface area contributed by atoms with Crippen LogP contribution in [0.4, 0.5) is 0 Å². The van der Waals surface area contributed by atoms with E-state index in [0.29, 0.717) is 0 Å². The molecule has 3 aromatic heterocycles. The van der Waals surface area contributed by atoms with Gasteiger partial charge in [0.15, 0.2) is 16.1 Å². The third-order valence-electron chi connectivity index (χ3n) is 15.8. The number of fused-ring (bicyclic) bond motifs is 6. The lowest BCUT2D eigenvalue weighted by Crippen LogP contribution is -2.74. The predicted molar refractivity (Wildman–Crippen MR) is 330 cm³/mol. The third-order valence-corrected chi connectivity index (χ3v) is 26.5. The maximum atomic E-state index is 5.09. The molecule has 3 heterocycles. The molecule has 358 valence electrons. The summed E-state index contributed by atoms with van der Waals surface area (Å²) in [7, 11) is -5.82. The van der Waals surface area contributed by atoms with Crippen molar-refractivity contribution in [3.63, 3.8) is 0 Å². The zero-order valence-corrected chi connectivity index (χ0v) is 44.5. The van der Waals surface area contributed by atoms with Crippen molar-refractivity contribution in [3.8, 4) is 28.1 Å². The van der Waals surface area contributed by atoms with E-state index in [9.17, 15) is 0 Å². The molecule has 0 saturated heterocycles. The van der Waals surface area contributed by atoms with Gasteiger partial charge in [-0.05, 0) is 89.0 Å². The van der Waals surface area contributed by atoms with Crippen molar-refractivity contribution in [2.24, 2.45) is 0 Å². The molecule has 0 unspecified atom stereocenters. The van der Waals surface area contributed by atoms with E-state index in [1.54, 1.807) is 0 Å². The summed E-state index contributed by atoms with van der Waals surface area (Å²) in [5, 5.41) is 15.8. The second-order valence-corrected chi connectivity index (χ2v) is 28.4. The van der Waals surface area contributed by atoms with E-state index in [2.05, 4.69) is 302 Å². The van der Waals surface area contributed by atoms with Crippen LogP contribution >= 0.6 is 11.3 Å². The van der Waals surface area contributed by atoms with Crippen LogP contribution in [-0.2, 0) is 0 Å². The number of hydrogen-bond donors (Lipinski definition) is 0. The van der Waals surface area contributed by atoms with Gasteiger partial charge in [0.2, 0.25) is 0 Å². The summed E-state index contributed by atoms with van der Waals surface area (Å²) in [6.45, 7) is 0. The van der Waals surface area contributed by atoms with Crippen LogP contribution in [0.3, 0.4) is 0 Å². The van der Waals surface area contributed by atoms with Crippen molar-refractivity contribution in [1.82, 2.24) is 9.55 Å². The molecule has 0 saturated carbocycles. The lowest BCUT2D eigenvalue weighted by Gasteiger charge is -2.35. The van der Waals surface area contributed by atoms with E-state index in [4.69, 9.17) is 4.98 Å². The minimum atomic E-state index is -2.91. The number of thiophene rings is 1. The molecule has 2 nitrogen and oxygen atoms in total. The van der Waals surface area contributed by atoms with Crippen molar-refractivity contribution >= 4 is 111 Å². The third kappa shape index (κ3) is 7.38. The fourth-order valence-electron chi connectivity index (χ4n) is 12.4. The quantitative estimate of drug-likeness (QED) is 0.0932. The molecule has 5 heteroatoms. The Bertz CT molecular complexity index is 4250. The first-order chi connectivity index (χ1) is 37.7. The number of nitrogens with zero attached hydrogens (tertiary/aromatic N) is 2. The van der Waals surface area contributed by atoms with Crippen LogP contribution in [0, 0.1) is 0 Å². The van der Waals surface area contributed by atoms with Gasteiger partial charge in [-0.25, -0.2) is 0 Å². The molecule has 0 aliphatic heterocycles. The van der Waals surface area contributed by atoms with E-state index in [0.717, 1.165) is 16.9 Å². The molecule has 14 rings (SSSR count). The van der Waals surface area contributed by atoms with Gasteiger partial charge < -0.3 is 4.57 Å². The summed E-state index contributed by atoms with van der Waals surface area (Å²) in [5.74, 6) is 0. The summed E-state index contributed by atoms with van der Waals surface area (Å²) < 4.78 is 4.96. The zero-order valence-electron chi connectivity index (χ0n) is 41.7. The molecule has 11 aromatic carbocycles. The number of benzene rings is 11. The molecular formula is C71H50N2SSi2. The van der Waals surface area contributed by atoms with Crippen molar-refractivity contribution in [2.45, 2.75) is 0 Å². The van der Waals surface area contributed by atoms with Crippen LogP contribution in [0.5, 0.6) is 0 Å². The Hall–Kier alpha value is -8.98. The van der Waals surface area contributed by atoms with Crippen LogP contribution in [0.15, 0.2) is 303 Å². The molecule has 0 radical (unpaired) electrons. The zero-order chi connectivity index (χ0) is 50.5. The van der Waals surface area contributed by atoms with Gasteiger partial charge in [0.1, 0.15) is 0 Å². The molecule has 0 spiro atoms. The first-order valence-corrected chi connectivity index (χ1v) is 30.9. The lowest BCUT2D eigenvalue weighted by atomic mass is 10.1. The molecule has 14 aromatic rings. The van der Waals surface area contributed by atoms with Crippen LogP contribution in [0.25, 0.3) is 70.0 Å². The monoisotopic (exact) mass is 1020 g/mol. The molecule has 0 aliphatic rings. The van der Waals surface area contributed by atoms with E-state index in [1.165, 1.54) is 94.6 Å². The van der Waals surface area contributed by atoms with Gasteiger partial charge >= 0.3 is 0 Å². The van der Waals surface area contributed by atoms with E-state index in [1.807, 2.05) is 17.5 Å². The average molecular weight is 1020 g/mol. The predicted octanol–water partition coefficient (Wildman–Crippen LogP) is 12.6. The number of pyridine rings is 1. The summed E-state index contributed by atoms with van der Waals surface area (Å²) in [5.41, 5.74) is 8.13. The Kier molecular flexibility index (Phi) is 11.4. The van der Waals surface area contributed by atoms with E-state index >= 15 is 0 Å². The first-order valence-electron chi connectivity index (χ1n) is 26.1. The smallest absolute Gasteiger partial charge is 0.179 e.